The maximum Gasteiger partial charge on any atom is 0.305 e. The van der Waals surface area contributed by atoms with Crippen LogP contribution in [-0.2, 0) is 16.1 Å². The topological polar surface area (TPSA) is 57.6 Å². The number of amides is 1. The first-order valence-corrected chi connectivity index (χ1v) is 5.11. The van der Waals surface area contributed by atoms with Crippen molar-refractivity contribution in [3.05, 3.63) is 35.9 Å². The third kappa shape index (κ3) is 4.13. The third-order valence-corrected chi connectivity index (χ3v) is 2.26. The van der Waals surface area contributed by atoms with E-state index in [2.05, 4.69) is 0 Å². The van der Waals surface area contributed by atoms with Crippen molar-refractivity contribution >= 4 is 11.9 Å². The van der Waals surface area contributed by atoms with Crippen LogP contribution in [0.3, 0.4) is 0 Å². The normalized spacial score (nSPS) is 9.81. The fraction of sp³-hybridized carbons (Fsp3) is 0.333. The molecule has 1 N–H and O–H groups in total. The van der Waals surface area contributed by atoms with E-state index in [0.717, 1.165) is 5.56 Å². The molecule has 1 amide bonds. The zero-order valence-corrected chi connectivity index (χ0v) is 9.22. The van der Waals surface area contributed by atoms with Crippen LogP contribution in [0.2, 0.25) is 0 Å². The summed E-state index contributed by atoms with van der Waals surface area (Å²) in [5, 5.41) is 8.57. The summed E-state index contributed by atoms with van der Waals surface area (Å²) in [7, 11) is 0. The van der Waals surface area contributed by atoms with Gasteiger partial charge in [0.1, 0.15) is 0 Å². The monoisotopic (exact) mass is 221 g/mol. The Morgan fingerprint density at radius 2 is 1.88 bits per heavy atom. The Balaban J connectivity index is 2.58. The highest BCUT2D eigenvalue weighted by Gasteiger charge is 2.10. The lowest BCUT2D eigenvalue weighted by molar-refractivity contribution is -0.138. The molecule has 0 unspecified atom stereocenters. The minimum absolute atomic E-state index is 0.0214. The van der Waals surface area contributed by atoms with E-state index in [1.807, 2.05) is 30.3 Å². The van der Waals surface area contributed by atoms with Crippen LogP contribution in [0.1, 0.15) is 18.9 Å². The van der Waals surface area contributed by atoms with E-state index in [9.17, 15) is 9.59 Å². The average Bonchev–Trinajstić information content (AvgIpc) is 2.25. The van der Waals surface area contributed by atoms with Gasteiger partial charge in [-0.1, -0.05) is 30.3 Å². The second kappa shape index (κ2) is 5.90. The summed E-state index contributed by atoms with van der Waals surface area (Å²) < 4.78 is 0. The zero-order chi connectivity index (χ0) is 12.0. The predicted molar refractivity (Wildman–Crippen MR) is 59.8 cm³/mol. The lowest BCUT2D eigenvalue weighted by Crippen LogP contribution is -2.30. The minimum Gasteiger partial charge on any atom is -0.481 e. The first-order valence-electron chi connectivity index (χ1n) is 5.11. The SMILES string of the molecule is CC(=O)N(CCC(=O)O)Cc1ccccc1. The van der Waals surface area contributed by atoms with Crippen molar-refractivity contribution in [2.24, 2.45) is 0 Å². The standard InChI is InChI=1S/C12H15NO3/c1-10(14)13(8-7-12(15)16)9-11-5-3-2-4-6-11/h2-6H,7-9H2,1H3,(H,15,16). The smallest absolute Gasteiger partial charge is 0.305 e. The lowest BCUT2D eigenvalue weighted by atomic mass is 10.2. The molecule has 0 saturated heterocycles. The van der Waals surface area contributed by atoms with Crippen LogP contribution in [0.25, 0.3) is 0 Å². The van der Waals surface area contributed by atoms with E-state index < -0.39 is 5.97 Å². The zero-order valence-electron chi connectivity index (χ0n) is 9.22. The molecule has 1 aromatic carbocycles. The van der Waals surface area contributed by atoms with Gasteiger partial charge in [-0.25, -0.2) is 0 Å². The molecule has 0 aliphatic carbocycles. The summed E-state index contributed by atoms with van der Waals surface area (Å²) in [4.78, 5) is 23.3. The number of carbonyl (C=O) groups excluding carboxylic acids is 1. The Kier molecular flexibility index (Phi) is 4.51. The van der Waals surface area contributed by atoms with E-state index in [1.165, 1.54) is 11.8 Å². The van der Waals surface area contributed by atoms with Gasteiger partial charge in [0.15, 0.2) is 0 Å². The quantitative estimate of drug-likeness (QED) is 0.819. The van der Waals surface area contributed by atoms with Crippen molar-refractivity contribution in [2.75, 3.05) is 6.54 Å². The Morgan fingerprint density at radius 1 is 1.25 bits per heavy atom. The lowest BCUT2D eigenvalue weighted by Gasteiger charge is -2.20. The van der Waals surface area contributed by atoms with Gasteiger partial charge in [-0.3, -0.25) is 9.59 Å². The molecule has 0 radical (unpaired) electrons. The molecule has 16 heavy (non-hydrogen) atoms. The number of rotatable bonds is 5. The van der Waals surface area contributed by atoms with Crippen LogP contribution in [0.5, 0.6) is 0 Å². The molecule has 1 aromatic rings. The highest BCUT2D eigenvalue weighted by molar-refractivity contribution is 5.74. The number of hydrogen-bond donors (Lipinski definition) is 1. The predicted octanol–water partition coefficient (Wildman–Crippen LogP) is 1.51. The molecule has 0 fully saturated rings. The van der Waals surface area contributed by atoms with Crippen LogP contribution in [-0.4, -0.2) is 28.4 Å². The Labute approximate surface area is 94.5 Å². The molecular weight excluding hydrogens is 206 g/mol. The molecule has 0 heterocycles. The summed E-state index contributed by atoms with van der Waals surface area (Å²) in [6.07, 6.45) is -0.0214. The number of carboxylic acid groups (broad SMARTS) is 1. The Morgan fingerprint density at radius 3 is 2.38 bits per heavy atom. The van der Waals surface area contributed by atoms with Gasteiger partial charge in [-0.15, -0.1) is 0 Å². The molecule has 86 valence electrons. The summed E-state index contributed by atoms with van der Waals surface area (Å²) in [6.45, 7) is 2.16. The fourth-order valence-corrected chi connectivity index (χ4v) is 1.38. The van der Waals surface area contributed by atoms with Crippen LogP contribution >= 0.6 is 0 Å². The van der Waals surface area contributed by atoms with Gasteiger partial charge in [0.2, 0.25) is 5.91 Å². The molecule has 0 aliphatic rings. The summed E-state index contributed by atoms with van der Waals surface area (Å²) >= 11 is 0. The first kappa shape index (κ1) is 12.2. The number of nitrogens with zero attached hydrogens (tertiary/aromatic N) is 1. The van der Waals surface area contributed by atoms with Gasteiger partial charge in [-0.05, 0) is 5.56 Å². The molecule has 0 aliphatic heterocycles. The van der Waals surface area contributed by atoms with Crippen LogP contribution < -0.4 is 0 Å². The Bertz CT molecular complexity index is 362. The van der Waals surface area contributed by atoms with Gasteiger partial charge in [0, 0.05) is 20.0 Å². The second-order valence-electron chi connectivity index (χ2n) is 3.57. The van der Waals surface area contributed by atoms with Gasteiger partial charge < -0.3 is 10.0 Å². The molecular formula is C12H15NO3. The number of aliphatic carboxylic acids is 1. The number of benzene rings is 1. The van der Waals surface area contributed by atoms with E-state index in [4.69, 9.17) is 5.11 Å². The average molecular weight is 221 g/mol. The van der Waals surface area contributed by atoms with Gasteiger partial charge in [0.25, 0.3) is 0 Å². The maximum absolute atomic E-state index is 11.3. The maximum atomic E-state index is 11.3. The largest absolute Gasteiger partial charge is 0.481 e. The number of carbonyl (C=O) groups is 2. The molecule has 4 nitrogen and oxygen atoms in total. The van der Waals surface area contributed by atoms with Crippen molar-refractivity contribution in [1.29, 1.82) is 0 Å². The molecule has 0 bridgehead atoms. The summed E-state index contributed by atoms with van der Waals surface area (Å²) in [5.74, 6) is -0.996. The Hall–Kier alpha value is -1.84. The van der Waals surface area contributed by atoms with Crippen molar-refractivity contribution in [1.82, 2.24) is 4.90 Å². The molecule has 0 spiro atoms. The minimum atomic E-state index is -0.890. The van der Waals surface area contributed by atoms with Crippen molar-refractivity contribution in [3.63, 3.8) is 0 Å². The number of carboxylic acids is 1. The molecule has 0 saturated carbocycles. The van der Waals surface area contributed by atoms with Gasteiger partial charge in [-0.2, -0.15) is 0 Å². The van der Waals surface area contributed by atoms with E-state index in [0.29, 0.717) is 6.54 Å². The van der Waals surface area contributed by atoms with Gasteiger partial charge in [0.05, 0.1) is 6.42 Å². The molecule has 4 heteroatoms. The van der Waals surface area contributed by atoms with Crippen molar-refractivity contribution < 1.29 is 14.7 Å². The van der Waals surface area contributed by atoms with E-state index in [1.54, 1.807) is 0 Å². The van der Waals surface area contributed by atoms with E-state index >= 15 is 0 Å². The second-order valence-corrected chi connectivity index (χ2v) is 3.57. The van der Waals surface area contributed by atoms with Crippen LogP contribution in [0.4, 0.5) is 0 Å². The highest BCUT2D eigenvalue weighted by Crippen LogP contribution is 2.05. The highest BCUT2D eigenvalue weighted by atomic mass is 16.4. The fourth-order valence-electron chi connectivity index (χ4n) is 1.38. The molecule has 0 aromatic heterocycles. The van der Waals surface area contributed by atoms with Crippen molar-refractivity contribution in [3.8, 4) is 0 Å². The van der Waals surface area contributed by atoms with Crippen molar-refractivity contribution in [2.45, 2.75) is 19.9 Å². The van der Waals surface area contributed by atoms with Crippen LogP contribution in [0, 0.1) is 0 Å². The van der Waals surface area contributed by atoms with Crippen LogP contribution in [0.15, 0.2) is 30.3 Å². The molecule has 0 atom stereocenters. The first-order chi connectivity index (χ1) is 7.59. The summed E-state index contributed by atoms with van der Waals surface area (Å²) in [5.41, 5.74) is 1.00. The number of hydrogen-bond acceptors (Lipinski definition) is 2. The molecule has 1 rings (SSSR count). The third-order valence-electron chi connectivity index (χ3n) is 2.26. The summed E-state index contributed by atoms with van der Waals surface area (Å²) in [6, 6.07) is 9.52. The van der Waals surface area contributed by atoms with Gasteiger partial charge >= 0.3 is 5.97 Å². The van der Waals surface area contributed by atoms with E-state index in [-0.39, 0.29) is 18.9 Å².